The summed E-state index contributed by atoms with van der Waals surface area (Å²) in [5.41, 5.74) is 2.66. The van der Waals surface area contributed by atoms with E-state index >= 15 is 0 Å². The number of aryl methyl sites for hydroxylation is 2. The van der Waals surface area contributed by atoms with Crippen molar-refractivity contribution in [2.75, 3.05) is 7.11 Å². The molecule has 21 heavy (non-hydrogen) atoms. The first kappa shape index (κ1) is 13.3. The Morgan fingerprint density at radius 3 is 2.81 bits per heavy atom. The minimum Gasteiger partial charge on any atom is -0.493 e. The molecule has 0 aliphatic carbocycles. The quantitative estimate of drug-likeness (QED) is 0.692. The molecule has 106 valence electrons. The lowest BCUT2D eigenvalue weighted by molar-refractivity contribution is 0.102. The number of fused-ring (bicyclic) bond motifs is 1. The molecule has 0 N–H and O–H groups in total. The Hall–Kier alpha value is -2.69. The smallest absolute Gasteiger partial charge is 0.215 e. The molecule has 0 saturated carbocycles. The standard InChI is InChI=1S/C16H15N3O2/c1-10-8-12(11-6-4-5-7-13(11)18-10)16(20)15-14(21-3)9-17-19(15)2/h4-9H,1-3H3. The van der Waals surface area contributed by atoms with Gasteiger partial charge in [-0.05, 0) is 19.1 Å². The van der Waals surface area contributed by atoms with E-state index in [1.54, 1.807) is 19.3 Å². The molecule has 0 aliphatic rings. The van der Waals surface area contributed by atoms with Crippen molar-refractivity contribution >= 4 is 16.7 Å². The second-order valence-corrected chi connectivity index (χ2v) is 4.84. The van der Waals surface area contributed by atoms with E-state index in [-0.39, 0.29) is 5.78 Å². The zero-order valence-corrected chi connectivity index (χ0v) is 12.1. The van der Waals surface area contributed by atoms with Crippen molar-refractivity contribution in [2.45, 2.75) is 6.92 Å². The second-order valence-electron chi connectivity index (χ2n) is 4.84. The molecule has 0 aliphatic heterocycles. The van der Waals surface area contributed by atoms with Gasteiger partial charge in [-0.25, -0.2) is 0 Å². The van der Waals surface area contributed by atoms with E-state index in [4.69, 9.17) is 4.74 Å². The van der Waals surface area contributed by atoms with Gasteiger partial charge in [0, 0.05) is 23.7 Å². The van der Waals surface area contributed by atoms with Gasteiger partial charge in [0.2, 0.25) is 5.78 Å². The first-order chi connectivity index (χ1) is 10.1. The third kappa shape index (κ3) is 2.16. The predicted octanol–water partition coefficient (Wildman–Crippen LogP) is 2.52. The number of hydrogen-bond donors (Lipinski definition) is 0. The van der Waals surface area contributed by atoms with Crippen LogP contribution in [0.5, 0.6) is 5.75 Å². The van der Waals surface area contributed by atoms with E-state index in [2.05, 4.69) is 10.1 Å². The second kappa shape index (κ2) is 5.01. The Morgan fingerprint density at radius 2 is 2.05 bits per heavy atom. The number of ether oxygens (including phenoxy) is 1. The van der Waals surface area contributed by atoms with Crippen molar-refractivity contribution in [3.63, 3.8) is 0 Å². The number of rotatable bonds is 3. The molecule has 5 heteroatoms. The molecule has 2 aromatic heterocycles. The molecule has 0 saturated heterocycles. The molecule has 3 aromatic rings. The monoisotopic (exact) mass is 281 g/mol. The summed E-state index contributed by atoms with van der Waals surface area (Å²) in [5, 5.41) is 4.92. The van der Waals surface area contributed by atoms with Gasteiger partial charge in [0.05, 0.1) is 18.8 Å². The lowest BCUT2D eigenvalue weighted by atomic mass is 10.0. The summed E-state index contributed by atoms with van der Waals surface area (Å²) < 4.78 is 6.76. The lowest BCUT2D eigenvalue weighted by Gasteiger charge is -2.08. The van der Waals surface area contributed by atoms with Crippen LogP contribution in [0.25, 0.3) is 10.9 Å². The van der Waals surface area contributed by atoms with Gasteiger partial charge in [0.1, 0.15) is 0 Å². The van der Waals surface area contributed by atoms with Gasteiger partial charge in [-0.1, -0.05) is 18.2 Å². The molecule has 0 spiro atoms. The van der Waals surface area contributed by atoms with Crippen LogP contribution in [0.15, 0.2) is 36.5 Å². The van der Waals surface area contributed by atoms with E-state index in [1.807, 2.05) is 31.2 Å². The van der Waals surface area contributed by atoms with Crippen molar-refractivity contribution < 1.29 is 9.53 Å². The van der Waals surface area contributed by atoms with Gasteiger partial charge in [-0.3, -0.25) is 14.5 Å². The van der Waals surface area contributed by atoms with Gasteiger partial charge in [-0.15, -0.1) is 0 Å². The number of para-hydroxylation sites is 1. The van der Waals surface area contributed by atoms with E-state index < -0.39 is 0 Å². The average molecular weight is 281 g/mol. The maximum Gasteiger partial charge on any atom is 0.215 e. The van der Waals surface area contributed by atoms with Crippen molar-refractivity contribution in [3.8, 4) is 5.75 Å². The highest BCUT2D eigenvalue weighted by molar-refractivity contribution is 6.16. The largest absolute Gasteiger partial charge is 0.493 e. The fourth-order valence-electron chi connectivity index (χ4n) is 2.45. The highest BCUT2D eigenvalue weighted by Crippen LogP contribution is 2.25. The number of ketones is 1. The number of hydrogen-bond acceptors (Lipinski definition) is 4. The molecular weight excluding hydrogens is 266 g/mol. The molecule has 0 unspecified atom stereocenters. The van der Waals surface area contributed by atoms with Gasteiger partial charge >= 0.3 is 0 Å². The number of carbonyl (C=O) groups excluding carboxylic acids is 1. The summed E-state index contributed by atoms with van der Waals surface area (Å²) >= 11 is 0. The highest BCUT2D eigenvalue weighted by atomic mass is 16.5. The minimum atomic E-state index is -0.117. The summed E-state index contributed by atoms with van der Waals surface area (Å²) in [4.78, 5) is 17.4. The van der Waals surface area contributed by atoms with Crippen LogP contribution in [0.2, 0.25) is 0 Å². The van der Waals surface area contributed by atoms with Crippen LogP contribution in [0.3, 0.4) is 0 Å². The maximum absolute atomic E-state index is 12.9. The summed E-state index contributed by atoms with van der Waals surface area (Å²) in [6.45, 7) is 1.88. The molecule has 0 radical (unpaired) electrons. The van der Waals surface area contributed by atoms with Crippen molar-refractivity contribution in [1.29, 1.82) is 0 Å². The summed E-state index contributed by atoms with van der Waals surface area (Å²) in [5.74, 6) is 0.356. The van der Waals surface area contributed by atoms with E-state index in [0.29, 0.717) is 17.0 Å². The third-order valence-electron chi connectivity index (χ3n) is 3.43. The van der Waals surface area contributed by atoms with Crippen LogP contribution in [-0.2, 0) is 7.05 Å². The van der Waals surface area contributed by atoms with E-state index in [0.717, 1.165) is 16.6 Å². The van der Waals surface area contributed by atoms with Gasteiger partial charge < -0.3 is 4.74 Å². The number of pyridine rings is 1. The van der Waals surface area contributed by atoms with Crippen LogP contribution in [0.4, 0.5) is 0 Å². The number of methoxy groups -OCH3 is 1. The summed E-state index contributed by atoms with van der Waals surface area (Å²) in [6.07, 6.45) is 1.55. The Labute approximate surface area is 122 Å². The van der Waals surface area contributed by atoms with Crippen LogP contribution in [0, 0.1) is 6.92 Å². The van der Waals surface area contributed by atoms with Crippen LogP contribution in [0.1, 0.15) is 21.7 Å². The molecule has 3 rings (SSSR count). The van der Waals surface area contributed by atoms with Crippen LogP contribution in [-0.4, -0.2) is 27.7 Å². The van der Waals surface area contributed by atoms with Gasteiger partial charge in [0.25, 0.3) is 0 Å². The molecule has 0 atom stereocenters. The molecular formula is C16H15N3O2. The fraction of sp³-hybridized carbons (Fsp3) is 0.188. The normalized spacial score (nSPS) is 10.8. The first-order valence-corrected chi connectivity index (χ1v) is 6.59. The summed E-state index contributed by atoms with van der Waals surface area (Å²) in [7, 11) is 3.26. The average Bonchev–Trinajstić information content (AvgIpc) is 2.86. The van der Waals surface area contributed by atoms with Crippen LogP contribution < -0.4 is 4.74 Å². The molecule has 0 amide bonds. The summed E-state index contributed by atoms with van der Waals surface area (Å²) in [6, 6.07) is 9.42. The maximum atomic E-state index is 12.9. The van der Waals surface area contributed by atoms with Gasteiger partial charge in [-0.2, -0.15) is 5.10 Å². The fourth-order valence-corrected chi connectivity index (χ4v) is 2.45. The van der Waals surface area contributed by atoms with Crippen molar-refractivity contribution in [3.05, 3.63) is 53.5 Å². The van der Waals surface area contributed by atoms with E-state index in [1.165, 1.54) is 11.8 Å². The topological polar surface area (TPSA) is 57.0 Å². The number of benzene rings is 1. The van der Waals surface area contributed by atoms with Gasteiger partial charge in [0.15, 0.2) is 11.4 Å². The molecule has 5 nitrogen and oxygen atoms in total. The van der Waals surface area contributed by atoms with Crippen LogP contribution >= 0.6 is 0 Å². The zero-order chi connectivity index (χ0) is 15.0. The molecule has 0 bridgehead atoms. The zero-order valence-electron chi connectivity index (χ0n) is 12.1. The third-order valence-corrected chi connectivity index (χ3v) is 3.43. The Morgan fingerprint density at radius 1 is 1.29 bits per heavy atom. The molecule has 0 fully saturated rings. The SMILES string of the molecule is COc1cnn(C)c1C(=O)c1cc(C)nc2ccccc12. The Kier molecular flexibility index (Phi) is 3.17. The Bertz CT molecular complexity index is 837. The molecule has 2 heterocycles. The number of carbonyl (C=O) groups is 1. The highest BCUT2D eigenvalue weighted by Gasteiger charge is 2.21. The predicted molar refractivity (Wildman–Crippen MR) is 79.7 cm³/mol. The van der Waals surface area contributed by atoms with E-state index in [9.17, 15) is 4.79 Å². The number of aromatic nitrogens is 3. The first-order valence-electron chi connectivity index (χ1n) is 6.59. The minimum absolute atomic E-state index is 0.117. The van der Waals surface area contributed by atoms with Crippen molar-refractivity contribution in [1.82, 2.24) is 14.8 Å². The molecule has 1 aromatic carbocycles. The van der Waals surface area contributed by atoms with Crippen molar-refractivity contribution in [2.24, 2.45) is 7.05 Å². The number of nitrogens with zero attached hydrogens (tertiary/aromatic N) is 3. The lowest BCUT2D eigenvalue weighted by Crippen LogP contribution is -2.11. The Balaban J connectivity index is 2.25.